The molecule has 0 aliphatic heterocycles. The number of aromatic nitrogens is 2. The first kappa shape index (κ1) is 8.80. The molecule has 0 bridgehead atoms. The van der Waals surface area contributed by atoms with Gasteiger partial charge in [0.25, 0.3) is 0 Å². The lowest BCUT2D eigenvalue weighted by molar-refractivity contribution is 0.933. The lowest BCUT2D eigenvalue weighted by atomic mass is 10.4. The highest BCUT2D eigenvalue weighted by molar-refractivity contribution is 7.12. The van der Waals surface area contributed by atoms with Crippen LogP contribution in [-0.4, -0.2) is 10.2 Å². The van der Waals surface area contributed by atoms with Crippen molar-refractivity contribution in [3.8, 4) is 0 Å². The molecule has 0 spiro atoms. The second-order valence-corrected chi connectivity index (χ2v) is 4.73. The fourth-order valence-electron chi connectivity index (χ4n) is 1.00. The monoisotopic (exact) mass is 211 g/mol. The summed E-state index contributed by atoms with van der Waals surface area (Å²) in [5, 5.41) is 12.0. The van der Waals surface area contributed by atoms with E-state index in [2.05, 4.69) is 21.6 Å². The molecule has 3 nitrogen and oxygen atoms in total. The molecule has 2 N–H and O–H groups in total. The van der Waals surface area contributed by atoms with Gasteiger partial charge >= 0.3 is 0 Å². The number of thiophene rings is 1. The zero-order valence-electron chi connectivity index (χ0n) is 6.93. The second kappa shape index (κ2) is 3.95. The first-order valence-electron chi connectivity index (χ1n) is 3.92. The normalized spacial score (nSPS) is 10.5. The van der Waals surface area contributed by atoms with Gasteiger partial charge in [0.2, 0.25) is 0 Å². The van der Waals surface area contributed by atoms with E-state index >= 15 is 0 Å². The topological polar surface area (TPSA) is 51.8 Å². The molecule has 0 amide bonds. The lowest BCUT2D eigenvalue weighted by Gasteiger charge is -1.88. The van der Waals surface area contributed by atoms with Crippen molar-refractivity contribution in [2.75, 3.05) is 0 Å². The van der Waals surface area contributed by atoms with Crippen LogP contribution in [0.25, 0.3) is 0 Å². The van der Waals surface area contributed by atoms with Crippen LogP contribution in [0.2, 0.25) is 0 Å². The van der Waals surface area contributed by atoms with Gasteiger partial charge in [-0.1, -0.05) is 17.4 Å². The third-order valence-electron chi connectivity index (χ3n) is 1.59. The van der Waals surface area contributed by atoms with E-state index in [1.165, 1.54) is 4.88 Å². The van der Waals surface area contributed by atoms with Crippen LogP contribution in [0.5, 0.6) is 0 Å². The molecule has 0 saturated carbocycles. The largest absolute Gasteiger partial charge is 0.324 e. The van der Waals surface area contributed by atoms with Crippen LogP contribution in [0.3, 0.4) is 0 Å². The molecule has 2 aromatic heterocycles. The summed E-state index contributed by atoms with van der Waals surface area (Å²) >= 11 is 3.33. The fourth-order valence-corrected chi connectivity index (χ4v) is 2.55. The fraction of sp³-hybridized carbons (Fsp3) is 0.250. The Morgan fingerprint density at radius 1 is 1.31 bits per heavy atom. The predicted octanol–water partition coefficient (Wildman–Crippen LogP) is 1.65. The standard InChI is InChI=1S/C8H9N3S2/c9-5-8-11-10-7(13-8)4-6-2-1-3-12-6/h1-3H,4-5,9H2. The quantitative estimate of drug-likeness (QED) is 0.840. The molecule has 0 aliphatic carbocycles. The molecule has 0 unspecified atom stereocenters. The number of hydrogen-bond acceptors (Lipinski definition) is 5. The highest BCUT2D eigenvalue weighted by atomic mass is 32.1. The van der Waals surface area contributed by atoms with Crippen molar-refractivity contribution < 1.29 is 0 Å². The van der Waals surface area contributed by atoms with Crippen LogP contribution in [0.15, 0.2) is 17.5 Å². The molecule has 13 heavy (non-hydrogen) atoms. The van der Waals surface area contributed by atoms with E-state index in [0.29, 0.717) is 6.54 Å². The highest BCUT2D eigenvalue weighted by Crippen LogP contribution is 2.17. The summed E-state index contributed by atoms with van der Waals surface area (Å²) in [6, 6.07) is 4.15. The molecule has 0 aliphatic rings. The van der Waals surface area contributed by atoms with Gasteiger partial charge in [-0.25, -0.2) is 0 Å². The maximum atomic E-state index is 5.45. The van der Waals surface area contributed by atoms with Crippen LogP contribution < -0.4 is 5.73 Å². The first-order chi connectivity index (χ1) is 6.38. The Morgan fingerprint density at radius 3 is 2.77 bits per heavy atom. The molecule has 2 heterocycles. The molecule has 0 atom stereocenters. The van der Waals surface area contributed by atoms with Crippen LogP contribution >= 0.6 is 22.7 Å². The zero-order valence-corrected chi connectivity index (χ0v) is 8.57. The van der Waals surface area contributed by atoms with Crippen LogP contribution in [0, 0.1) is 0 Å². The average molecular weight is 211 g/mol. The van der Waals surface area contributed by atoms with E-state index in [4.69, 9.17) is 5.73 Å². The van der Waals surface area contributed by atoms with E-state index in [9.17, 15) is 0 Å². The predicted molar refractivity (Wildman–Crippen MR) is 54.9 cm³/mol. The molecule has 0 saturated heterocycles. The van der Waals surface area contributed by atoms with Gasteiger partial charge in [0.15, 0.2) is 0 Å². The van der Waals surface area contributed by atoms with Gasteiger partial charge in [-0.05, 0) is 11.4 Å². The summed E-state index contributed by atoms with van der Waals surface area (Å²) in [5.74, 6) is 0. The summed E-state index contributed by atoms with van der Waals surface area (Å²) < 4.78 is 0. The maximum absolute atomic E-state index is 5.45. The second-order valence-electron chi connectivity index (χ2n) is 2.55. The summed E-state index contributed by atoms with van der Waals surface area (Å²) in [6.45, 7) is 0.488. The third kappa shape index (κ3) is 2.12. The summed E-state index contributed by atoms with van der Waals surface area (Å²) in [7, 11) is 0. The lowest BCUT2D eigenvalue weighted by Crippen LogP contribution is -1.94. The van der Waals surface area contributed by atoms with Crippen molar-refractivity contribution in [3.63, 3.8) is 0 Å². The van der Waals surface area contributed by atoms with E-state index in [-0.39, 0.29) is 0 Å². The number of nitrogens with zero attached hydrogens (tertiary/aromatic N) is 2. The Morgan fingerprint density at radius 2 is 2.15 bits per heavy atom. The summed E-state index contributed by atoms with van der Waals surface area (Å²) in [4.78, 5) is 1.32. The highest BCUT2D eigenvalue weighted by Gasteiger charge is 2.03. The van der Waals surface area contributed by atoms with Crippen molar-refractivity contribution >= 4 is 22.7 Å². The molecule has 2 rings (SSSR count). The Balaban J connectivity index is 2.10. The number of nitrogens with two attached hydrogens (primary N) is 1. The third-order valence-corrected chi connectivity index (χ3v) is 3.41. The van der Waals surface area contributed by atoms with Crippen molar-refractivity contribution in [3.05, 3.63) is 32.4 Å². The van der Waals surface area contributed by atoms with Gasteiger partial charge < -0.3 is 5.73 Å². The van der Waals surface area contributed by atoms with E-state index in [1.54, 1.807) is 22.7 Å². The van der Waals surface area contributed by atoms with Crippen LogP contribution in [0.4, 0.5) is 0 Å². The van der Waals surface area contributed by atoms with Crippen LogP contribution in [0.1, 0.15) is 14.9 Å². The average Bonchev–Trinajstić information content (AvgIpc) is 2.76. The van der Waals surface area contributed by atoms with Gasteiger partial charge in [0.1, 0.15) is 10.0 Å². The molecule has 0 aromatic carbocycles. The van der Waals surface area contributed by atoms with Crippen LogP contribution in [-0.2, 0) is 13.0 Å². The molecule has 0 fully saturated rings. The van der Waals surface area contributed by atoms with E-state index < -0.39 is 0 Å². The smallest absolute Gasteiger partial charge is 0.131 e. The number of hydrogen-bond donors (Lipinski definition) is 1. The van der Waals surface area contributed by atoms with Crippen molar-refractivity contribution in [2.45, 2.75) is 13.0 Å². The van der Waals surface area contributed by atoms with Crippen molar-refractivity contribution in [1.29, 1.82) is 0 Å². The van der Waals surface area contributed by atoms with Gasteiger partial charge in [-0.2, -0.15) is 0 Å². The van der Waals surface area contributed by atoms with Gasteiger partial charge in [0.05, 0.1) is 0 Å². The Kier molecular flexibility index (Phi) is 2.68. The van der Waals surface area contributed by atoms with E-state index in [1.807, 2.05) is 6.07 Å². The SMILES string of the molecule is NCc1nnc(Cc2cccs2)s1. The summed E-state index contributed by atoms with van der Waals surface area (Å²) in [6.07, 6.45) is 0.884. The molecule has 2 aromatic rings. The van der Waals surface area contributed by atoms with Crippen molar-refractivity contribution in [2.24, 2.45) is 5.73 Å². The molecule has 68 valence electrons. The Bertz CT molecular complexity index is 366. The van der Waals surface area contributed by atoms with Gasteiger partial charge in [-0.3, -0.25) is 0 Å². The minimum atomic E-state index is 0.488. The Hall–Kier alpha value is -0.780. The van der Waals surface area contributed by atoms with Gasteiger partial charge in [-0.15, -0.1) is 21.5 Å². The first-order valence-corrected chi connectivity index (χ1v) is 5.62. The molecule has 0 radical (unpaired) electrons. The minimum Gasteiger partial charge on any atom is -0.324 e. The maximum Gasteiger partial charge on any atom is 0.131 e. The molecular formula is C8H9N3S2. The Labute approximate surface area is 84.2 Å². The summed E-state index contributed by atoms with van der Waals surface area (Å²) in [5.41, 5.74) is 5.45. The molecule has 5 heteroatoms. The minimum absolute atomic E-state index is 0.488. The molecular weight excluding hydrogens is 202 g/mol. The van der Waals surface area contributed by atoms with E-state index in [0.717, 1.165) is 16.4 Å². The number of rotatable bonds is 3. The van der Waals surface area contributed by atoms with Gasteiger partial charge in [0, 0.05) is 17.8 Å². The zero-order chi connectivity index (χ0) is 9.10. The van der Waals surface area contributed by atoms with Crippen molar-refractivity contribution in [1.82, 2.24) is 10.2 Å².